The van der Waals surface area contributed by atoms with Gasteiger partial charge in [-0.2, -0.15) is 13.2 Å². The number of thiazole rings is 1. The van der Waals surface area contributed by atoms with Crippen LogP contribution in [0.4, 0.5) is 24.5 Å². The van der Waals surface area contributed by atoms with E-state index < -0.39 is 22.4 Å². The number of benzene rings is 2. The number of hydrogen-bond donors (Lipinski definition) is 0. The van der Waals surface area contributed by atoms with Crippen LogP contribution >= 0.6 is 11.3 Å². The second-order valence-electron chi connectivity index (χ2n) is 7.92. The third-order valence-corrected chi connectivity index (χ3v) is 6.79. The van der Waals surface area contributed by atoms with Crippen LogP contribution in [0.1, 0.15) is 31.5 Å². The van der Waals surface area contributed by atoms with Gasteiger partial charge in [-0.15, -0.1) is 11.3 Å². The van der Waals surface area contributed by atoms with Crippen LogP contribution in [0.15, 0.2) is 48.5 Å². The molecule has 178 valence electrons. The number of alkyl halides is 3. The molecule has 34 heavy (non-hydrogen) atoms. The van der Waals surface area contributed by atoms with E-state index in [9.17, 15) is 28.1 Å². The second-order valence-corrected chi connectivity index (χ2v) is 9.01. The van der Waals surface area contributed by atoms with Crippen molar-refractivity contribution >= 4 is 28.6 Å². The molecule has 4 rings (SSSR count). The molecule has 0 aliphatic carbocycles. The third kappa shape index (κ3) is 5.04. The fraction of sp³-hybridized carbons (Fsp3) is 0.304. The van der Waals surface area contributed by atoms with Gasteiger partial charge in [0.05, 0.1) is 21.2 Å². The summed E-state index contributed by atoms with van der Waals surface area (Å²) in [4.78, 5) is 32.1. The molecule has 0 radical (unpaired) electrons. The Balaban J connectivity index is 1.45. The number of halogens is 3. The van der Waals surface area contributed by atoms with Gasteiger partial charge >= 0.3 is 6.18 Å². The number of nitro benzene ring substituents is 1. The molecule has 1 aromatic heterocycles. The van der Waals surface area contributed by atoms with Crippen molar-refractivity contribution in [2.45, 2.75) is 19.5 Å². The summed E-state index contributed by atoms with van der Waals surface area (Å²) in [5, 5.41) is 12.3. The number of anilines is 1. The van der Waals surface area contributed by atoms with Gasteiger partial charge in [-0.05, 0) is 24.6 Å². The molecule has 11 heteroatoms. The van der Waals surface area contributed by atoms with E-state index in [1.807, 2.05) is 30.3 Å². The quantitative estimate of drug-likeness (QED) is 0.374. The normalized spacial score (nSPS) is 14.4. The van der Waals surface area contributed by atoms with Crippen molar-refractivity contribution in [1.82, 2.24) is 9.88 Å². The highest BCUT2D eigenvalue weighted by Crippen LogP contribution is 2.37. The molecular weight excluding hydrogens is 469 g/mol. The van der Waals surface area contributed by atoms with Gasteiger partial charge in [0.15, 0.2) is 0 Å². The van der Waals surface area contributed by atoms with Gasteiger partial charge < -0.3 is 9.80 Å². The van der Waals surface area contributed by atoms with Crippen LogP contribution in [0, 0.1) is 17.0 Å². The smallest absolute Gasteiger partial charge is 0.362 e. The summed E-state index contributed by atoms with van der Waals surface area (Å²) in [6.45, 7) is 2.92. The lowest BCUT2D eigenvalue weighted by Crippen LogP contribution is -2.49. The fourth-order valence-corrected chi connectivity index (χ4v) is 4.97. The molecule has 0 bridgehead atoms. The average Bonchev–Trinajstić information content (AvgIpc) is 3.18. The lowest BCUT2D eigenvalue weighted by atomic mass is 10.1. The number of carbonyl (C=O) groups is 1. The van der Waals surface area contributed by atoms with Gasteiger partial charge in [-0.3, -0.25) is 14.9 Å². The Morgan fingerprint density at radius 2 is 1.79 bits per heavy atom. The number of amides is 1. The molecule has 2 heterocycles. The first-order valence-electron chi connectivity index (χ1n) is 10.5. The van der Waals surface area contributed by atoms with E-state index in [1.54, 1.807) is 16.7 Å². The van der Waals surface area contributed by atoms with Crippen molar-refractivity contribution < 1.29 is 22.9 Å². The number of carbonyl (C=O) groups excluding carboxylic acids is 1. The first kappa shape index (κ1) is 23.7. The van der Waals surface area contributed by atoms with Gasteiger partial charge in [-0.25, -0.2) is 4.98 Å². The lowest BCUT2D eigenvalue weighted by Gasteiger charge is -2.35. The Kier molecular flexibility index (Phi) is 6.56. The zero-order chi connectivity index (χ0) is 24.5. The number of hydrogen-bond acceptors (Lipinski definition) is 6. The van der Waals surface area contributed by atoms with E-state index in [4.69, 9.17) is 0 Å². The van der Waals surface area contributed by atoms with Crippen LogP contribution in [0.5, 0.6) is 0 Å². The number of aromatic nitrogens is 1. The van der Waals surface area contributed by atoms with Crippen LogP contribution in [-0.4, -0.2) is 46.9 Å². The van der Waals surface area contributed by atoms with Crippen LogP contribution in [0.3, 0.4) is 0 Å². The molecule has 1 amide bonds. The van der Waals surface area contributed by atoms with Gasteiger partial charge in [0.25, 0.3) is 11.6 Å². The van der Waals surface area contributed by atoms with E-state index in [0.717, 1.165) is 22.7 Å². The standard InChI is InChI=1S/C23H21F3N4O3S/c1-15-21(34-20(27-15)13-16-5-3-2-4-6-16)22(31)29-11-9-28(10-12-29)18-8-7-17(23(24,25)26)14-19(18)30(32)33/h2-8,14H,9-13H2,1H3. The summed E-state index contributed by atoms with van der Waals surface area (Å²) in [5.74, 6) is -0.157. The predicted octanol–water partition coefficient (Wildman–Crippen LogP) is 4.93. The number of aryl methyl sites for hydroxylation is 1. The second kappa shape index (κ2) is 9.41. The molecular formula is C23H21F3N4O3S. The average molecular weight is 491 g/mol. The highest BCUT2D eigenvalue weighted by Gasteiger charge is 2.34. The van der Waals surface area contributed by atoms with Crippen LogP contribution in [0.25, 0.3) is 0 Å². The van der Waals surface area contributed by atoms with Crippen LogP contribution in [-0.2, 0) is 12.6 Å². The molecule has 1 aliphatic rings. The Morgan fingerprint density at radius 1 is 1.12 bits per heavy atom. The molecule has 1 saturated heterocycles. The molecule has 0 atom stereocenters. The number of rotatable bonds is 5. The molecule has 1 aliphatic heterocycles. The molecule has 0 unspecified atom stereocenters. The SMILES string of the molecule is Cc1nc(Cc2ccccc2)sc1C(=O)N1CCN(c2ccc(C(F)(F)F)cc2[N+](=O)[O-])CC1. The first-order chi connectivity index (χ1) is 16.1. The summed E-state index contributed by atoms with van der Waals surface area (Å²) in [6.07, 6.45) is -4.04. The molecule has 0 spiro atoms. The van der Waals surface area contributed by atoms with E-state index in [2.05, 4.69) is 4.98 Å². The molecule has 7 nitrogen and oxygen atoms in total. The number of nitrogens with zero attached hydrogens (tertiary/aromatic N) is 4. The number of piperazine rings is 1. The minimum absolute atomic E-state index is 0.115. The van der Waals surface area contributed by atoms with E-state index in [0.29, 0.717) is 36.1 Å². The van der Waals surface area contributed by atoms with Crippen molar-refractivity contribution in [2.24, 2.45) is 0 Å². The monoisotopic (exact) mass is 490 g/mol. The van der Waals surface area contributed by atoms with E-state index in [-0.39, 0.29) is 24.7 Å². The zero-order valence-corrected chi connectivity index (χ0v) is 19.0. The van der Waals surface area contributed by atoms with Gasteiger partial charge in [0, 0.05) is 38.7 Å². The Hall–Kier alpha value is -3.47. The topological polar surface area (TPSA) is 79.6 Å². The van der Waals surface area contributed by atoms with Gasteiger partial charge in [-0.1, -0.05) is 30.3 Å². The zero-order valence-electron chi connectivity index (χ0n) is 18.2. The highest BCUT2D eigenvalue weighted by atomic mass is 32.1. The maximum absolute atomic E-state index is 13.1. The van der Waals surface area contributed by atoms with Crippen molar-refractivity contribution in [1.29, 1.82) is 0 Å². The van der Waals surface area contributed by atoms with Crippen molar-refractivity contribution in [3.63, 3.8) is 0 Å². The minimum atomic E-state index is -4.67. The van der Waals surface area contributed by atoms with Crippen molar-refractivity contribution in [2.75, 3.05) is 31.1 Å². The lowest BCUT2D eigenvalue weighted by molar-refractivity contribution is -0.384. The first-order valence-corrected chi connectivity index (χ1v) is 11.3. The molecule has 1 fully saturated rings. The minimum Gasteiger partial charge on any atom is -0.362 e. The summed E-state index contributed by atoms with van der Waals surface area (Å²) in [6, 6.07) is 12.4. The summed E-state index contributed by atoms with van der Waals surface area (Å²) < 4.78 is 38.9. The summed E-state index contributed by atoms with van der Waals surface area (Å²) in [7, 11) is 0. The van der Waals surface area contributed by atoms with Crippen molar-refractivity contribution in [3.8, 4) is 0 Å². The largest absolute Gasteiger partial charge is 0.416 e. The van der Waals surface area contributed by atoms with Crippen LogP contribution in [0.2, 0.25) is 0 Å². The predicted molar refractivity (Wildman–Crippen MR) is 122 cm³/mol. The Morgan fingerprint density at radius 3 is 2.41 bits per heavy atom. The maximum Gasteiger partial charge on any atom is 0.416 e. The maximum atomic E-state index is 13.1. The highest BCUT2D eigenvalue weighted by molar-refractivity contribution is 7.13. The molecule has 0 N–H and O–H groups in total. The Bertz CT molecular complexity index is 1210. The summed E-state index contributed by atoms with van der Waals surface area (Å²) >= 11 is 1.35. The van der Waals surface area contributed by atoms with Gasteiger partial charge in [0.2, 0.25) is 0 Å². The summed E-state index contributed by atoms with van der Waals surface area (Å²) in [5.41, 5.74) is 0.204. The molecule has 2 aromatic carbocycles. The fourth-order valence-electron chi connectivity index (χ4n) is 3.90. The third-order valence-electron chi connectivity index (χ3n) is 5.64. The van der Waals surface area contributed by atoms with E-state index in [1.165, 1.54) is 11.3 Å². The van der Waals surface area contributed by atoms with Crippen LogP contribution < -0.4 is 4.90 Å². The molecule has 3 aromatic rings. The molecule has 0 saturated carbocycles. The van der Waals surface area contributed by atoms with Gasteiger partial charge in [0.1, 0.15) is 10.6 Å². The Labute approximate surface area is 197 Å². The van der Waals surface area contributed by atoms with E-state index >= 15 is 0 Å². The van der Waals surface area contributed by atoms with Crippen molar-refractivity contribution in [3.05, 3.63) is 85.4 Å². The number of nitro groups is 1.